The highest BCUT2D eigenvalue weighted by atomic mass is 32.1. The Hall–Kier alpha value is -2.80. The van der Waals surface area contributed by atoms with Gasteiger partial charge in [0.2, 0.25) is 5.78 Å². The van der Waals surface area contributed by atoms with E-state index in [1.807, 2.05) is 0 Å². The first-order chi connectivity index (χ1) is 12.0. The summed E-state index contributed by atoms with van der Waals surface area (Å²) in [4.78, 5) is 16.7. The number of aryl methyl sites for hydroxylation is 1. The minimum atomic E-state index is -0.379. The van der Waals surface area contributed by atoms with Crippen molar-refractivity contribution in [2.45, 2.75) is 6.92 Å². The molecule has 4 nitrogen and oxygen atoms in total. The highest BCUT2D eigenvalue weighted by Gasteiger charge is 2.18. The smallest absolute Gasteiger partial charge is 0.217 e. The predicted octanol–water partition coefficient (Wildman–Crippen LogP) is 4.92. The summed E-state index contributed by atoms with van der Waals surface area (Å²) in [5, 5.41) is 4.04. The molecule has 2 aromatic heterocycles. The van der Waals surface area contributed by atoms with Gasteiger partial charge in [0.25, 0.3) is 0 Å². The summed E-state index contributed by atoms with van der Waals surface area (Å²) in [7, 11) is 0. The van der Waals surface area contributed by atoms with Crippen LogP contribution in [-0.2, 0) is 0 Å². The van der Waals surface area contributed by atoms with Crippen LogP contribution in [0, 0.1) is 18.6 Å². The second kappa shape index (κ2) is 5.93. The average Bonchev–Trinajstić information content (AvgIpc) is 3.13. The topological polar surface area (TPSA) is 55.1 Å². The molecule has 7 heteroatoms. The van der Waals surface area contributed by atoms with E-state index in [2.05, 4.69) is 10.3 Å². The number of ketones is 1. The summed E-state index contributed by atoms with van der Waals surface area (Å²) >= 11 is 1.27. The van der Waals surface area contributed by atoms with E-state index in [-0.39, 0.29) is 29.7 Å². The second-order valence-corrected chi connectivity index (χ2v) is 6.64. The number of furan rings is 1. The van der Waals surface area contributed by atoms with Gasteiger partial charge >= 0.3 is 0 Å². The lowest BCUT2D eigenvalue weighted by molar-refractivity contribution is 0.0981. The third-order valence-corrected chi connectivity index (χ3v) is 4.88. The normalized spacial score (nSPS) is 11.3. The zero-order valence-corrected chi connectivity index (χ0v) is 13.9. The number of hydrogen-bond acceptors (Lipinski definition) is 5. The van der Waals surface area contributed by atoms with E-state index in [1.165, 1.54) is 41.7 Å². The maximum atomic E-state index is 13.4. The van der Waals surface area contributed by atoms with Gasteiger partial charge < -0.3 is 9.73 Å². The van der Waals surface area contributed by atoms with Crippen molar-refractivity contribution in [1.82, 2.24) is 4.98 Å². The Morgan fingerprint density at radius 3 is 2.80 bits per heavy atom. The van der Waals surface area contributed by atoms with Gasteiger partial charge in [0.05, 0.1) is 16.8 Å². The van der Waals surface area contributed by atoms with E-state index in [1.54, 1.807) is 13.0 Å². The largest absolute Gasteiger partial charge is 0.453 e. The molecule has 0 radical (unpaired) electrons. The zero-order chi connectivity index (χ0) is 17.6. The monoisotopic (exact) mass is 358 g/mol. The van der Waals surface area contributed by atoms with Crippen molar-refractivity contribution in [1.29, 1.82) is 0 Å². The number of rotatable bonds is 4. The molecule has 0 aliphatic rings. The lowest BCUT2D eigenvalue weighted by Crippen LogP contribution is -2.14. The van der Waals surface area contributed by atoms with E-state index in [9.17, 15) is 13.6 Å². The van der Waals surface area contributed by atoms with Gasteiger partial charge in [0.1, 0.15) is 17.2 Å². The fraction of sp³-hybridized carbons (Fsp3) is 0.111. The molecule has 2 heterocycles. The average molecular weight is 358 g/mol. The molecule has 0 fully saturated rings. The first kappa shape index (κ1) is 15.7. The van der Waals surface area contributed by atoms with Crippen molar-refractivity contribution < 1.29 is 18.0 Å². The molecule has 4 aromatic rings. The van der Waals surface area contributed by atoms with Gasteiger partial charge in [0.15, 0.2) is 10.9 Å². The summed E-state index contributed by atoms with van der Waals surface area (Å²) in [6.45, 7) is 1.70. The number of carbonyl (C=O) groups excluding carboxylic acids is 1. The molecule has 0 bridgehead atoms. The maximum Gasteiger partial charge on any atom is 0.217 e. The number of nitrogens with zero attached hydrogens (tertiary/aromatic N) is 1. The third kappa shape index (κ3) is 2.87. The van der Waals surface area contributed by atoms with Crippen molar-refractivity contribution in [2.75, 3.05) is 11.9 Å². The van der Waals surface area contributed by atoms with Crippen molar-refractivity contribution in [3.05, 3.63) is 59.4 Å². The SMILES string of the molecule is Cc1c(C(=O)CNc2nc3ccc(F)cc3s2)oc2ccc(F)cc12. The molecule has 0 saturated carbocycles. The van der Waals surface area contributed by atoms with Crippen molar-refractivity contribution in [2.24, 2.45) is 0 Å². The Morgan fingerprint density at radius 2 is 1.96 bits per heavy atom. The van der Waals surface area contributed by atoms with Crippen LogP contribution in [0.15, 0.2) is 40.8 Å². The lowest BCUT2D eigenvalue weighted by Gasteiger charge is -2.00. The number of thiazole rings is 1. The Labute approximate surface area is 145 Å². The molecule has 0 atom stereocenters. The van der Waals surface area contributed by atoms with Crippen LogP contribution in [0.25, 0.3) is 21.2 Å². The van der Waals surface area contributed by atoms with Crippen molar-refractivity contribution >= 4 is 43.4 Å². The van der Waals surface area contributed by atoms with Gasteiger partial charge in [-0.3, -0.25) is 4.79 Å². The number of fused-ring (bicyclic) bond motifs is 2. The molecule has 25 heavy (non-hydrogen) atoms. The van der Waals surface area contributed by atoms with Gasteiger partial charge in [-0.15, -0.1) is 0 Å². The summed E-state index contributed by atoms with van der Waals surface area (Å²) in [6.07, 6.45) is 0. The van der Waals surface area contributed by atoms with Crippen LogP contribution in [0.2, 0.25) is 0 Å². The molecule has 2 aromatic carbocycles. The first-order valence-corrected chi connectivity index (χ1v) is 8.35. The highest BCUT2D eigenvalue weighted by Crippen LogP contribution is 2.28. The van der Waals surface area contributed by atoms with Crippen LogP contribution in [0.1, 0.15) is 16.1 Å². The van der Waals surface area contributed by atoms with Crippen LogP contribution < -0.4 is 5.32 Å². The molecule has 4 rings (SSSR count). The number of halogens is 2. The van der Waals surface area contributed by atoms with Crippen LogP contribution in [0.3, 0.4) is 0 Å². The molecule has 0 spiro atoms. The Kier molecular flexibility index (Phi) is 3.73. The summed E-state index contributed by atoms with van der Waals surface area (Å²) in [5.74, 6) is -0.779. The van der Waals surface area contributed by atoms with Gasteiger partial charge in [-0.2, -0.15) is 0 Å². The lowest BCUT2D eigenvalue weighted by atomic mass is 10.1. The Bertz CT molecular complexity index is 1120. The van der Waals surface area contributed by atoms with Gasteiger partial charge in [-0.25, -0.2) is 13.8 Å². The summed E-state index contributed by atoms with van der Waals surface area (Å²) < 4.78 is 32.8. The first-order valence-electron chi connectivity index (χ1n) is 7.53. The number of anilines is 1. The molecular formula is C18H12F2N2O2S. The number of carbonyl (C=O) groups is 1. The van der Waals surface area contributed by atoms with E-state index >= 15 is 0 Å². The minimum absolute atomic E-state index is 0.0224. The van der Waals surface area contributed by atoms with Gasteiger partial charge in [0, 0.05) is 10.9 Å². The molecular weight excluding hydrogens is 346 g/mol. The molecule has 0 amide bonds. The van der Waals surface area contributed by atoms with Crippen LogP contribution in [0.4, 0.5) is 13.9 Å². The second-order valence-electron chi connectivity index (χ2n) is 5.60. The summed E-state index contributed by atoms with van der Waals surface area (Å²) in [6, 6.07) is 8.47. The molecule has 1 N–H and O–H groups in total. The Morgan fingerprint density at radius 1 is 1.20 bits per heavy atom. The van der Waals surface area contributed by atoms with Crippen molar-refractivity contribution in [3.63, 3.8) is 0 Å². The fourth-order valence-electron chi connectivity index (χ4n) is 2.67. The summed E-state index contributed by atoms with van der Waals surface area (Å²) in [5.41, 5.74) is 1.74. The van der Waals surface area contributed by atoms with Crippen LogP contribution in [0.5, 0.6) is 0 Å². The number of aromatic nitrogens is 1. The quantitative estimate of drug-likeness (QED) is 0.526. The van der Waals surface area contributed by atoms with Crippen molar-refractivity contribution in [3.8, 4) is 0 Å². The van der Waals surface area contributed by atoms with E-state index in [0.717, 1.165) is 0 Å². The minimum Gasteiger partial charge on any atom is -0.453 e. The number of hydrogen-bond donors (Lipinski definition) is 1. The highest BCUT2D eigenvalue weighted by molar-refractivity contribution is 7.22. The predicted molar refractivity (Wildman–Crippen MR) is 93.3 cm³/mol. The molecule has 0 saturated heterocycles. The number of Topliss-reactive ketones (excluding diaryl/α,β-unsaturated/α-hetero) is 1. The van der Waals surface area contributed by atoms with Crippen LogP contribution >= 0.6 is 11.3 Å². The third-order valence-electron chi connectivity index (χ3n) is 3.90. The van der Waals surface area contributed by atoms with Crippen LogP contribution in [-0.4, -0.2) is 17.3 Å². The molecule has 0 unspecified atom stereocenters. The standard InChI is InChI=1S/C18H12F2N2O2S/c1-9-12-6-10(19)3-5-15(12)24-17(9)14(23)8-21-18-22-13-4-2-11(20)7-16(13)25-18/h2-7H,8H2,1H3,(H,21,22). The zero-order valence-electron chi connectivity index (χ0n) is 13.1. The molecule has 0 aliphatic carbocycles. The van der Waals surface area contributed by atoms with Gasteiger partial charge in [-0.1, -0.05) is 11.3 Å². The van der Waals surface area contributed by atoms with E-state index in [4.69, 9.17) is 4.42 Å². The number of nitrogens with one attached hydrogen (secondary N) is 1. The Balaban J connectivity index is 1.56. The van der Waals surface area contributed by atoms with E-state index in [0.29, 0.717) is 31.9 Å². The molecule has 0 aliphatic heterocycles. The fourth-order valence-corrected chi connectivity index (χ4v) is 3.56. The van der Waals surface area contributed by atoms with E-state index < -0.39 is 0 Å². The molecule has 126 valence electrons. The maximum absolute atomic E-state index is 13.4. The van der Waals surface area contributed by atoms with Gasteiger partial charge in [-0.05, 0) is 43.3 Å². The number of benzene rings is 2.